The monoisotopic (exact) mass is 237 g/mol. The Morgan fingerprint density at radius 3 is 2.76 bits per heavy atom. The van der Waals surface area contributed by atoms with Crippen LogP contribution in [0.25, 0.3) is 0 Å². The summed E-state index contributed by atoms with van der Waals surface area (Å²) >= 11 is 0. The summed E-state index contributed by atoms with van der Waals surface area (Å²) in [6.45, 7) is 1.55. The molecular weight excluding hydrogens is 218 g/mol. The van der Waals surface area contributed by atoms with Gasteiger partial charge in [-0.1, -0.05) is 0 Å². The van der Waals surface area contributed by atoms with Gasteiger partial charge in [-0.2, -0.15) is 4.98 Å². The first-order valence-electron chi connectivity index (χ1n) is 5.82. The number of hydrogen-bond acceptors (Lipinski definition) is 5. The SMILES string of the molecule is COCCN(c1ccc(N)c(OC)n1)C1CC1. The van der Waals surface area contributed by atoms with Gasteiger partial charge in [0.1, 0.15) is 5.82 Å². The molecule has 1 aliphatic rings. The highest BCUT2D eigenvalue weighted by atomic mass is 16.5. The zero-order chi connectivity index (χ0) is 12.3. The molecule has 0 saturated heterocycles. The van der Waals surface area contributed by atoms with E-state index in [4.69, 9.17) is 15.2 Å². The van der Waals surface area contributed by atoms with Crippen molar-refractivity contribution in [2.24, 2.45) is 0 Å². The molecule has 1 saturated carbocycles. The van der Waals surface area contributed by atoms with Gasteiger partial charge in [0.15, 0.2) is 0 Å². The Kier molecular flexibility index (Phi) is 3.68. The van der Waals surface area contributed by atoms with Crippen LogP contribution in [0.4, 0.5) is 11.5 Å². The number of ether oxygens (including phenoxy) is 2. The zero-order valence-corrected chi connectivity index (χ0v) is 10.3. The van der Waals surface area contributed by atoms with Crippen LogP contribution in [-0.4, -0.2) is 38.4 Å². The first-order valence-corrected chi connectivity index (χ1v) is 5.82. The van der Waals surface area contributed by atoms with Crippen LogP contribution in [0.5, 0.6) is 5.88 Å². The van der Waals surface area contributed by atoms with Crippen LogP contribution >= 0.6 is 0 Å². The van der Waals surface area contributed by atoms with Crippen LogP contribution in [-0.2, 0) is 4.74 Å². The molecule has 1 fully saturated rings. The van der Waals surface area contributed by atoms with Crippen LogP contribution in [0.15, 0.2) is 12.1 Å². The van der Waals surface area contributed by atoms with E-state index in [1.165, 1.54) is 12.8 Å². The molecule has 0 spiro atoms. The second-order valence-corrected chi connectivity index (χ2v) is 4.19. The van der Waals surface area contributed by atoms with E-state index >= 15 is 0 Å². The van der Waals surface area contributed by atoms with E-state index < -0.39 is 0 Å². The van der Waals surface area contributed by atoms with Crippen molar-refractivity contribution in [3.8, 4) is 5.88 Å². The van der Waals surface area contributed by atoms with E-state index in [1.54, 1.807) is 14.2 Å². The molecule has 0 unspecified atom stereocenters. The Morgan fingerprint density at radius 2 is 2.18 bits per heavy atom. The fraction of sp³-hybridized carbons (Fsp3) is 0.583. The van der Waals surface area contributed by atoms with Crippen LogP contribution in [0.2, 0.25) is 0 Å². The van der Waals surface area contributed by atoms with Crippen molar-refractivity contribution in [1.29, 1.82) is 0 Å². The number of nitrogens with zero attached hydrogens (tertiary/aromatic N) is 2. The van der Waals surface area contributed by atoms with Crippen LogP contribution in [0.1, 0.15) is 12.8 Å². The van der Waals surface area contributed by atoms with Gasteiger partial charge in [0.25, 0.3) is 0 Å². The van der Waals surface area contributed by atoms with E-state index in [0.29, 0.717) is 24.2 Å². The normalized spacial score (nSPS) is 14.7. The molecule has 2 N–H and O–H groups in total. The van der Waals surface area contributed by atoms with E-state index in [1.807, 2.05) is 12.1 Å². The highest BCUT2D eigenvalue weighted by Crippen LogP contribution is 2.32. The van der Waals surface area contributed by atoms with Gasteiger partial charge in [-0.3, -0.25) is 0 Å². The number of pyridine rings is 1. The predicted octanol–water partition coefficient (Wildman–Crippen LogP) is 1.29. The third-order valence-corrected chi connectivity index (χ3v) is 2.89. The number of methoxy groups -OCH3 is 2. The molecule has 5 heteroatoms. The molecule has 94 valence electrons. The van der Waals surface area contributed by atoms with Gasteiger partial charge in [-0.15, -0.1) is 0 Å². The topological polar surface area (TPSA) is 60.6 Å². The van der Waals surface area contributed by atoms with Crippen LogP contribution in [0, 0.1) is 0 Å². The van der Waals surface area contributed by atoms with E-state index in [9.17, 15) is 0 Å². The molecule has 0 radical (unpaired) electrons. The lowest BCUT2D eigenvalue weighted by atomic mass is 10.3. The lowest BCUT2D eigenvalue weighted by Crippen LogP contribution is -2.30. The number of nitrogens with two attached hydrogens (primary N) is 1. The molecular formula is C12H19N3O2. The van der Waals surface area contributed by atoms with Crippen molar-refractivity contribution in [3.05, 3.63) is 12.1 Å². The summed E-state index contributed by atoms with van der Waals surface area (Å²) in [5.41, 5.74) is 6.33. The third kappa shape index (κ3) is 2.79. The van der Waals surface area contributed by atoms with Gasteiger partial charge < -0.3 is 20.1 Å². The van der Waals surface area contributed by atoms with Gasteiger partial charge in [0.2, 0.25) is 5.88 Å². The first kappa shape index (κ1) is 12.0. The number of hydrogen-bond donors (Lipinski definition) is 1. The molecule has 0 amide bonds. The summed E-state index contributed by atoms with van der Waals surface area (Å²) in [5, 5.41) is 0. The molecule has 2 rings (SSSR count). The summed E-state index contributed by atoms with van der Waals surface area (Å²) in [4.78, 5) is 6.68. The maximum Gasteiger partial charge on any atom is 0.238 e. The van der Waals surface area contributed by atoms with E-state index in [-0.39, 0.29) is 0 Å². The quantitative estimate of drug-likeness (QED) is 0.807. The highest BCUT2D eigenvalue weighted by molar-refractivity contribution is 5.55. The summed E-state index contributed by atoms with van der Waals surface area (Å²) in [5.74, 6) is 1.40. The fourth-order valence-corrected chi connectivity index (χ4v) is 1.82. The second-order valence-electron chi connectivity index (χ2n) is 4.19. The predicted molar refractivity (Wildman–Crippen MR) is 67.4 cm³/mol. The maximum absolute atomic E-state index is 5.76. The van der Waals surface area contributed by atoms with Crippen LogP contribution in [0.3, 0.4) is 0 Å². The molecule has 0 atom stereocenters. The van der Waals surface area contributed by atoms with E-state index in [2.05, 4.69) is 9.88 Å². The van der Waals surface area contributed by atoms with Gasteiger partial charge >= 0.3 is 0 Å². The molecule has 1 heterocycles. The number of anilines is 2. The van der Waals surface area contributed by atoms with Crippen LogP contribution < -0.4 is 15.4 Å². The van der Waals surface area contributed by atoms with Gasteiger partial charge in [0.05, 0.1) is 19.4 Å². The molecule has 17 heavy (non-hydrogen) atoms. The standard InChI is InChI=1S/C12H19N3O2/c1-16-8-7-15(9-3-4-9)11-6-5-10(13)12(14-11)17-2/h5-6,9H,3-4,7-8,13H2,1-2H3. The maximum atomic E-state index is 5.76. The van der Waals surface area contributed by atoms with Crippen molar-refractivity contribution in [1.82, 2.24) is 4.98 Å². The van der Waals surface area contributed by atoms with E-state index in [0.717, 1.165) is 12.4 Å². The summed E-state index contributed by atoms with van der Waals surface area (Å²) < 4.78 is 10.3. The smallest absolute Gasteiger partial charge is 0.238 e. The zero-order valence-electron chi connectivity index (χ0n) is 10.3. The molecule has 1 aromatic heterocycles. The molecule has 0 aliphatic heterocycles. The minimum Gasteiger partial charge on any atom is -0.479 e. The Morgan fingerprint density at radius 1 is 1.41 bits per heavy atom. The van der Waals surface area contributed by atoms with Crippen molar-refractivity contribution >= 4 is 11.5 Å². The minimum atomic E-state index is 0.491. The number of rotatable bonds is 6. The highest BCUT2D eigenvalue weighted by Gasteiger charge is 2.30. The summed E-state index contributed by atoms with van der Waals surface area (Å²) in [7, 11) is 3.29. The number of aromatic nitrogens is 1. The summed E-state index contributed by atoms with van der Waals surface area (Å²) in [6.07, 6.45) is 2.44. The van der Waals surface area contributed by atoms with Crippen molar-refractivity contribution in [3.63, 3.8) is 0 Å². The Balaban J connectivity index is 2.16. The Bertz CT molecular complexity index is 380. The molecule has 0 aromatic carbocycles. The average Bonchev–Trinajstić information content (AvgIpc) is 3.16. The van der Waals surface area contributed by atoms with Gasteiger partial charge in [0, 0.05) is 19.7 Å². The molecule has 1 aromatic rings. The first-order chi connectivity index (χ1) is 8.26. The largest absolute Gasteiger partial charge is 0.479 e. The van der Waals surface area contributed by atoms with Gasteiger partial charge in [-0.05, 0) is 25.0 Å². The average molecular weight is 237 g/mol. The van der Waals surface area contributed by atoms with Crippen molar-refractivity contribution in [2.45, 2.75) is 18.9 Å². The lowest BCUT2D eigenvalue weighted by Gasteiger charge is -2.23. The molecule has 5 nitrogen and oxygen atoms in total. The van der Waals surface area contributed by atoms with Crippen molar-refractivity contribution in [2.75, 3.05) is 38.0 Å². The third-order valence-electron chi connectivity index (χ3n) is 2.89. The Hall–Kier alpha value is -1.49. The van der Waals surface area contributed by atoms with Gasteiger partial charge in [-0.25, -0.2) is 0 Å². The minimum absolute atomic E-state index is 0.491. The lowest BCUT2D eigenvalue weighted by molar-refractivity contribution is 0.204. The fourth-order valence-electron chi connectivity index (χ4n) is 1.82. The molecule has 0 bridgehead atoms. The second kappa shape index (κ2) is 5.23. The molecule has 1 aliphatic carbocycles. The Labute approximate surface area is 102 Å². The summed E-state index contributed by atoms with van der Waals surface area (Å²) in [6, 6.07) is 4.36. The van der Waals surface area contributed by atoms with Crippen molar-refractivity contribution < 1.29 is 9.47 Å². The number of nitrogen functional groups attached to an aromatic ring is 1.